The quantitative estimate of drug-likeness (QED) is 0.670. The van der Waals surface area contributed by atoms with E-state index in [0.717, 1.165) is 0 Å². The monoisotopic (exact) mass is 155 g/mol. The van der Waals surface area contributed by atoms with Crippen molar-refractivity contribution in [1.29, 1.82) is 0 Å². The molecule has 0 unspecified atom stereocenters. The van der Waals surface area contributed by atoms with Gasteiger partial charge in [0, 0.05) is 7.05 Å². The lowest BCUT2D eigenvalue weighted by Gasteiger charge is -1.89. The number of carbonyl (C=O) groups is 1. The first-order valence-corrected chi connectivity index (χ1v) is 3.59. The van der Waals surface area contributed by atoms with E-state index in [4.69, 9.17) is 0 Å². The second-order valence-corrected chi connectivity index (χ2v) is 1.59. The molecule has 0 saturated heterocycles. The van der Waals surface area contributed by atoms with Crippen LogP contribution in [0.3, 0.4) is 0 Å². The zero-order valence-corrected chi connectivity index (χ0v) is 7.05. The molecule has 1 rings (SSSR count). The Bertz CT molecular complexity index is 192. The number of carbonyl (C=O) groups excluding carboxylic acids is 1. The van der Waals surface area contributed by atoms with Crippen LogP contribution in [-0.2, 0) is 0 Å². The normalized spacial score (nSPS) is 7.91. The molecule has 1 heterocycles. The van der Waals surface area contributed by atoms with Gasteiger partial charge in [0.25, 0.3) is 5.91 Å². The van der Waals surface area contributed by atoms with Gasteiger partial charge >= 0.3 is 0 Å². The number of rotatable bonds is 1. The van der Waals surface area contributed by atoms with Crippen molar-refractivity contribution in [2.45, 2.75) is 13.8 Å². The fourth-order valence-electron chi connectivity index (χ4n) is 0.538. The molecular weight excluding hydrogens is 142 g/mol. The molecule has 3 heteroatoms. The maximum absolute atomic E-state index is 10.7. The van der Waals surface area contributed by atoms with Gasteiger partial charge in [0.2, 0.25) is 0 Å². The highest BCUT2D eigenvalue weighted by Crippen LogP contribution is 1.97. The highest BCUT2D eigenvalue weighted by atomic mass is 16.3. The molecule has 0 radical (unpaired) electrons. The third kappa shape index (κ3) is 2.89. The van der Waals surface area contributed by atoms with Gasteiger partial charge in [-0.15, -0.1) is 0 Å². The fraction of sp³-hybridized carbons (Fsp3) is 0.375. The van der Waals surface area contributed by atoms with Crippen molar-refractivity contribution in [3.63, 3.8) is 0 Å². The highest BCUT2D eigenvalue weighted by molar-refractivity contribution is 5.93. The summed E-state index contributed by atoms with van der Waals surface area (Å²) >= 11 is 0. The third-order valence-electron chi connectivity index (χ3n) is 1.01. The first-order valence-electron chi connectivity index (χ1n) is 3.59. The fourth-order valence-corrected chi connectivity index (χ4v) is 0.538. The van der Waals surface area contributed by atoms with Crippen LogP contribution >= 0.6 is 0 Å². The van der Waals surface area contributed by atoms with Gasteiger partial charge in [-0.05, 0) is 6.07 Å². The van der Waals surface area contributed by atoms with Crippen LogP contribution < -0.4 is 5.32 Å². The van der Waals surface area contributed by atoms with Gasteiger partial charge in [-0.2, -0.15) is 0 Å². The van der Waals surface area contributed by atoms with E-state index in [1.807, 2.05) is 13.8 Å². The summed E-state index contributed by atoms with van der Waals surface area (Å²) in [6.07, 6.45) is 2.86. The minimum Gasteiger partial charge on any atom is -0.472 e. The molecule has 11 heavy (non-hydrogen) atoms. The van der Waals surface area contributed by atoms with Crippen LogP contribution in [0.4, 0.5) is 0 Å². The first kappa shape index (κ1) is 9.75. The van der Waals surface area contributed by atoms with Gasteiger partial charge in [0.15, 0.2) is 0 Å². The molecule has 0 atom stereocenters. The second kappa shape index (κ2) is 5.53. The lowest BCUT2D eigenvalue weighted by Crippen LogP contribution is -2.16. The van der Waals surface area contributed by atoms with Crippen molar-refractivity contribution in [2.75, 3.05) is 7.05 Å². The van der Waals surface area contributed by atoms with Gasteiger partial charge in [-0.1, -0.05) is 13.8 Å². The SMILES string of the molecule is CC.CNC(=O)c1ccoc1. The van der Waals surface area contributed by atoms with Crippen LogP contribution in [0.5, 0.6) is 0 Å². The Morgan fingerprint density at radius 1 is 1.55 bits per heavy atom. The molecule has 1 aromatic heterocycles. The maximum Gasteiger partial charge on any atom is 0.254 e. The van der Waals surface area contributed by atoms with Crippen molar-refractivity contribution in [3.8, 4) is 0 Å². The van der Waals surface area contributed by atoms with Crippen molar-refractivity contribution in [3.05, 3.63) is 24.2 Å². The molecule has 0 aliphatic heterocycles. The Labute approximate surface area is 66.4 Å². The largest absolute Gasteiger partial charge is 0.472 e. The average molecular weight is 155 g/mol. The number of hydrogen-bond donors (Lipinski definition) is 1. The first-order chi connectivity index (χ1) is 5.34. The van der Waals surface area contributed by atoms with Gasteiger partial charge < -0.3 is 9.73 Å². The number of furan rings is 1. The third-order valence-corrected chi connectivity index (χ3v) is 1.01. The summed E-state index contributed by atoms with van der Waals surface area (Å²) in [5, 5.41) is 2.47. The molecule has 0 aliphatic rings. The molecule has 0 fully saturated rings. The number of hydrogen-bond acceptors (Lipinski definition) is 2. The van der Waals surface area contributed by atoms with E-state index in [-0.39, 0.29) is 5.91 Å². The van der Waals surface area contributed by atoms with E-state index < -0.39 is 0 Å². The smallest absolute Gasteiger partial charge is 0.254 e. The van der Waals surface area contributed by atoms with Gasteiger partial charge in [0.1, 0.15) is 6.26 Å². The molecule has 0 bridgehead atoms. The maximum atomic E-state index is 10.7. The van der Waals surface area contributed by atoms with E-state index >= 15 is 0 Å². The summed E-state index contributed by atoms with van der Waals surface area (Å²) < 4.78 is 4.68. The van der Waals surface area contributed by atoms with E-state index in [0.29, 0.717) is 5.56 Å². The van der Waals surface area contributed by atoms with Crippen LogP contribution in [0.1, 0.15) is 24.2 Å². The second-order valence-electron chi connectivity index (χ2n) is 1.59. The summed E-state index contributed by atoms with van der Waals surface area (Å²) in [6.45, 7) is 4.00. The Hall–Kier alpha value is -1.25. The van der Waals surface area contributed by atoms with Crippen LogP contribution in [0.15, 0.2) is 23.0 Å². The molecular formula is C8H13NO2. The molecule has 0 aliphatic carbocycles. The van der Waals surface area contributed by atoms with Crippen LogP contribution in [-0.4, -0.2) is 13.0 Å². The van der Waals surface area contributed by atoms with Crippen LogP contribution in [0.25, 0.3) is 0 Å². The summed E-state index contributed by atoms with van der Waals surface area (Å²) in [6, 6.07) is 1.61. The molecule has 1 aromatic rings. The molecule has 1 N–H and O–H groups in total. The topological polar surface area (TPSA) is 42.2 Å². The lowest BCUT2D eigenvalue weighted by atomic mass is 10.3. The minimum absolute atomic E-state index is 0.122. The summed E-state index contributed by atoms with van der Waals surface area (Å²) in [7, 11) is 1.58. The zero-order valence-electron chi connectivity index (χ0n) is 7.05. The van der Waals surface area contributed by atoms with E-state index in [2.05, 4.69) is 9.73 Å². The summed E-state index contributed by atoms with van der Waals surface area (Å²) in [5.74, 6) is -0.122. The molecule has 0 aromatic carbocycles. The van der Waals surface area contributed by atoms with E-state index in [9.17, 15) is 4.79 Å². The Kier molecular flexibility index (Phi) is 4.90. The lowest BCUT2D eigenvalue weighted by molar-refractivity contribution is 0.0962. The van der Waals surface area contributed by atoms with E-state index in [1.54, 1.807) is 13.1 Å². The molecule has 3 nitrogen and oxygen atoms in total. The van der Waals surface area contributed by atoms with Gasteiger partial charge in [0.05, 0.1) is 11.8 Å². The van der Waals surface area contributed by atoms with Gasteiger partial charge in [-0.25, -0.2) is 0 Å². The Morgan fingerprint density at radius 2 is 2.18 bits per heavy atom. The minimum atomic E-state index is -0.122. The zero-order chi connectivity index (χ0) is 8.69. The predicted octanol–water partition coefficient (Wildman–Crippen LogP) is 1.67. The van der Waals surface area contributed by atoms with Crippen molar-refractivity contribution < 1.29 is 9.21 Å². The number of amides is 1. The Morgan fingerprint density at radius 3 is 2.55 bits per heavy atom. The standard InChI is InChI=1S/C6H7NO2.C2H6/c1-7-6(8)5-2-3-9-4-5;1-2/h2-4H,1H3,(H,7,8);1-2H3. The van der Waals surface area contributed by atoms with E-state index in [1.165, 1.54) is 12.5 Å². The van der Waals surface area contributed by atoms with Crippen LogP contribution in [0.2, 0.25) is 0 Å². The summed E-state index contributed by atoms with van der Waals surface area (Å²) in [4.78, 5) is 10.7. The highest BCUT2D eigenvalue weighted by Gasteiger charge is 2.01. The molecule has 0 spiro atoms. The predicted molar refractivity (Wildman–Crippen MR) is 43.4 cm³/mol. The molecule has 62 valence electrons. The van der Waals surface area contributed by atoms with Crippen molar-refractivity contribution in [2.24, 2.45) is 0 Å². The van der Waals surface area contributed by atoms with Crippen molar-refractivity contribution in [1.82, 2.24) is 5.32 Å². The molecule has 1 amide bonds. The Balaban J connectivity index is 0.000000461. The average Bonchev–Trinajstić information content (AvgIpc) is 2.59. The summed E-state index contributed by atoms with van der Waals surface area (Å²) in [5.41, 5.74) is 0.553. The molecule has 0 saturated carbocycles. The van der Waals surface area contributed by atoms with Crippen molar-refractivity contribution >= 4 is 5.91 Å². The van der Waals surface area contributed by atoms with Crippen LogP contribution in [0, 0.1) is 0 Å². The number of nitrogens with one attached hydrogen (secondary N) is 1. The van der Waals surface area contributed by atoms with Gasteiger partial charge in [-0.3, -0.25) is 4.79 Å².